The SMILES string of the molecule is Cc1ccnc(NC(=O)C2CC(=O)N(c3ccc4c(c3)CCC4)C2)c1. The number of anilines is 2. The van der Waals surface area contributed by atoms with E-state index in [4.69, 9.17) is 0 Å². The molecule has 0 saturated carbocycles. The van der Waals surface area contributed by atoms with Gasteiger partial charge in [-0.3, -0.25) is 9.59 Å². The van der Waals surface area contributed by atoms with E-state index in [1.165, 1.54) is 17.5 Å². The van der Waals surface area contributed by atoms with Gasteiger partial charge >= 0.3 is 0 Å². The number of rotatable bonds is 3. The average molecular weight is 335 g/mol. The highest BCUT2D eigenvalue weighted by Crippen LogP contribution is 2.30. The lowest BCUT2D eigenvalue weighted by molar-refractivity contribution is -0.122. The molecule has 1 aliphatic heterocycles. The van der Waals surface area contributed by atoms with Gasteiger partial charge in [0.15, 0.2) is 0 Å². The van der Waals surface area contributed by atoms with Crippen LogP contribution in [0.1, 0.15) is 29.5 Å². The predicted octanol–water partition coefficient (Wildman–Crippen LogP) is 2.87. The van der Waals surface area contributed by atoms with Crippen LogP contribution in [0.15, 0.2) is 36.5 Å². The molecule has 1 aliphatic carbocycles. The molecule has 1 fully saturated rings. The van der Waals surface area contributed by atoms with E-state index < -0.39 is 0 Å². The highest BCUT2D eigenvalue weighted by atomic mass is 16.2. The second-order valence-corrected chi connectivity index (χ2v) is 6.92. The van der Waals surface area contributed by atoms with Crippen molar-refractivity contribution in [3.05, 3.63) is 53.2 Å². The Hall–Kier alpha value is -2.69. The Morgan fingerprint density at radius 1 is 1.20 bits per heavy atom. The normalized spacial score (nSPS) is 19.2. The molecule has 1 aromatic carbocycles. The number of nitrogens with zero attached hydrogens (tertiary/aromatic N) is 2. The second-order valence-electron chi connectivity index (χ2n) is 6.92. The zero-order chi connectivity index (χ0) is 17.4. The van der Waals surface area contributed by atoms with Crippen LogP contribution in [-0.2, 0) is 22.4 Å². The molecule has 2 aromatic rings. The molecule has 5 nitrogen and oxygen atoms in total. The molecule has 1 N–H and O–H groups in total. The van der Waals surface area contributed by atoms with Crippen LogP contribution >= 0.6 is 0 Å². The molecular formula is C20H21N3O2. The number of carbonyl (C=O) groups is 2. The highest BCUT2D eigenvalue weighted by molar-refractivity contribution is 6.03. The predicted molar refractivity (Wildman–Crippen MR) is 96.5 cm³/mol. The summed E-state index contributed by atoms with van der Waals surface area (Å²) in [6.07, 6.45) is 5.30. The van der Waals surface area contributed by atoms with E-state index in [1.54, 1.807) is 11.1 Å². The zero-order valence-electron chi connectivity index (χ0n) is 14.3. The van der Waals surface area contributed by atoms with Crippen molar-refractivity contribution < 1.29 is 9.59 Å². The summed E-state index contributed by atoms with van der Waals surface area (Å²) in [5.41, 5.74) is 4.67. The number of amides is 2. The van der Waals surface area contributed by atoms with Gasteiger partial charge in [0.2, 0.25) is 11.8 Å². The molecule has 1 atom stereocenters. The van der Waals surface area contributed by atoms with Gasteiger partial charge in [-0.15, -0.1) is 0 Å². The van der Waals surface area contributed by atoms with Crippen molar-refractivity contribution in [3.8, 4) is 0 Å². The van der Waals surface area contributed by atoms with E-state index in [0.29, 0.717) is 12.4 Å². The second kappa shape index (κ2) is 6.31. The molecule has 128 valence electrons. The Labute approximate surface area is 147 Å². The van der Waals surface area contributed by atoms with E-state index in [2.05, 4.69) is 22.4 Å². The quantitative estimate of drug-likeness (QED) is 0.938. The molecule has 2 heterocycles. The minimum absolute atomic E-state index is 0.00954. The fraction of sp³-hybridized carbons (Fsp3) is 0.350. The molecule has 1 saturated heterocycles. The monoisotopic (exact) mass is 335 g/mol. The maximum Gasteiger partial charge on any atom is 0.230 e. The van der Waals surface area contributed by atoms with Crippen molar-refractivity contribution in [1.82, 2.24) is 4.98 Å². The van der Waals surface area contributed by atoms with Gasteiger partial charge in [-0.1, -0.05) is 6.07 Å². The molecule has 1 unspecified atom stereocenters. The molecular weight excluding hydrogens is 314 g/mol. The van der Waals surface area contributed by atoms with Crippen LogP contribution in [0.3, 0.4) is 0 Å². The third kappa shape index (κ3) is 3.14. The number of hydrogen-bond donors (Lipinski definition) is 1. The zero-order valence-corrected chi connectivity index (χ0v) is 14.3. The van der Waals surface area contributed by atoms with E-state index in [-0.39, 0.29) is 24.2 Å². The van der Waals surface area contributed by atoms with Gasteiger partial charge in [0.25, 0.3) is 0 Å². The van der Waals surface area contributed by atoms with Crippen molar-refractivity contribution in [3.63, 3.8) is 0 Å². The van der Waals surface area contributed by atoms with Gasteiger partial charge in [-0.05, 0) is 67.1 Å². The summed E-state index contributed by atoms with van der Waals surface area (Å²) < 4.78 is 0. The van der Waals surface area contributed by atoms with Crippen molar-refractivity contribution in [2.45, 2.75) is 32.6 Å². The molecule has 1 aromatic heterocycles. The smallest absolute Gasteiger partial charge is 0.230 e. The minimum Gasteiger partial charge on any atom is -0.312 e. The summed E-state index contributed by atoms with van der Waals surface area (Å²) in [5.74, 6) is 0.0573. The largest absolute Gasteiger partial charge is 0.312 e. The summed E-state index contributed by atoms with van der Waals surface area (Å²) in [6.45, 7) is 2.38. The van der Waals surface area contributed by atoms with Crippen LogP contribution in [0.5, 0.6) is 0 Å². The fourth-order valence-corrected chi connectivity index (χ4v) is 3.69. The molecule has 2 aliphatic rings. The first-order valence-electron chi connectivity index (χ1n) is 8.76. The van der Waals surface area contributed by atoms with Crippen LogP contribution in [-0.4, -0.2) is 23.3 Å². The topological polar surface area (TPSA) is 62.3 Å². The molecule has 4 rings (SSSR count). The van der Waals surface area contributed by atoms with Crippen molar-refractivity contribution in [2.75, 3.05) is 16.8 Å². The van der Waals surface area contributed by atoms with E-state index in [1.807, 2.05) is 25.1 Å². The van der Waals surface area contributed by atoms with Gasteiger partial charge in [0, 0.05) is 24.8 Å². The summed E-state index contributed by atoms with van der Waals surface area (Å²) in [7, 11) is 0. The summed E-state index contributed by atoms with van der Waals surface area (Å²) in [6, 6.07) is 9.94. The highest BCUT2D eigenvalue weighted by Gasteiger charge is 2.35. The number of fused-ring (bicyclic) bond motifs is 1. The Morgan fingerprint density at radius 3 is 2.88 bits per heavy atom. The lowest BCUT2D eigenvalue weighted by Crippen LogP contribution is -2.28. The van der Waals surface area contributed by atoms with Gasteiger partial charge in [0.05, 0.1) is 5.92 Å². The number of aryl methyl sites for hydroxylation is 3. The molecule has 2 amide bonds. The lowest BCUT2D eigenvalue weighted by Gasteiger charge is -2.18. The van der Waals surface area contributed by atoms with Crippen molar-refractivity contribution >= 4 is 23.3 Å². The van der Waals surface area contributed by atoms with E-state index in [9.17, 15) is 9.59 Å². The van der Waals surface area contributed by atoms with Crippen LogP contribution in [0.25, 0.3) is 0 Å². The summed E-state index contributed by atoms with van der Waals surface area (Å²) in [4.78, 5) is 30.8. The Balaban J connectivity index is 1.47. The number of aromatic nitrogens is 1. The third-order valence-electron chi connectivity index (χ3n) is 5.06. The van der Waals surface area contributed by atoms with E-state index in [0.717, 1.165) is 24.1 Å². The number of hydrogen-bond acceptors (Lipinski definition) is 3. The number of benzene rings is 1. The first kappa shape index (κ1) is 15.8. The summed E-state index contributed by atoms with van der Waals surface area (Å²) in [5, 5.41) is 2.83. The first-order valence-corrected chi connectivity index (χ1v) is 8.76. The van der Waals surface area contributed by atoms with E-state index >= 15 is 0 Å². The molecule has 5 heteroatoms. The van der Waals surface area contributed by atoms with Crippen molar-refractivity contribution in [2.24, 2.45) is 5.92 Å². The van der Waals surface area contributed by atoms with Gasteiger partial charge in [0.1, 0.15) is 5.82 Å². The van der Waals surface area contributed by atoms with Crippen LogP contribution < -0.4 is 10.2 Å². The minimum atomic E-state index is -0.344. The molecule has 0 spiro atoms. The number of nitrogens with one attached hydrogen (secondary N) is 1. The van der Waals surface area contributed by atoms with Gasteiger partial charge < -0.3 is 10.2 Å². The Bertz CT molecular complexity index is 847. The maximum absolute atomic E-state index is 12.5. The number of carbonyl (C=O) groups excluding carboxylic acids is 2. The Kier molecular flexibility index (Phi) is 3.99. The van der Waals surface area contributed by atoms with Crippen LogP contribution in [0.2, 0.25) is 0 Å². The number of pyridine rings is 1. The third-order valence-corrected chi connectivity index (χ3v) is 5.06. The Morgan fingerprint density at radius 2 is 2.04 bits per heavy atom. The lowest BCUT2D eigenvalue weighted by atomic mass is 10.1. The first-order chi connectivity index (χ1) is 12.1. The van der Waals surface area contributed by atoms with Crippen LogP contribution in [0.4, 0.5) is 11.5 Å². The molecule has 25 heavy (non-hydrogen) atoms. The van der Waals surface area contributed by atoms with Crippen LogP contribution in [0, 0.1) is 12.8 Å². The fourth-order valence-electron chi connectivity index (χ4n) is 3.69. The summed E-state index contributed by atoms with van der Waals surface area (Å²) >= 11 is 0. The average Bonchev–Trinajstić information content (AvgIpc) is 3.20. The van der Waals surface area contributed by atoms with Gasteiger partial charge in [-0.2, -0.15) is 0 Å². The molecule has 0 bridgehead atoms. The van der Waals surface area contributed by atoms with Gasteiger partial charge in [-0.25, -0.2) is 4.98 Å². The molecule has 0 radical (unpaired) electrons. The van der Waals surface area contributed by atoms with Crippen molar-refractivity contribution in [1.29, 1.82) is 0 Å². The standard InChI is InChI=1S/C20H21N3O2/c1-13-7-8-21-18(9-13)22-20(25)16-11-19(24)23(12-16)17-6-5-14-3-2-4-15(14)10-17/h5-10,16H,2-4,11-12H2,1H3,(H,21,22,25). The maximum atomic E-state index is 12.5.